The summed E-state index contributed by atoms with van der Waals surface area (Å²) in [6.45, 7) is 1.73. The third kappa shape index (κ3) is 3.09. The average molecular weight is 297 g/mol. The van der Waals surface area contributed by atoms with Crippen LogP contribution >= 0.6 is 0 Å². The smallest absolute Gasteiger partial charge is 0.292 e. The summed E-state index contributed by atoms with van der Waals surface area (Å²) in [6.07, 6.45) is -2.31. The Morgan fingerprint density at radius 3 is 2.17 bits per heavy atom. The van der Waals surface area contributed by atoms with Gasteiger partial charge in [0.05, 0.1) is 6.54 Å². The summed E-state index contributed by atoms with van der Waals surface area (Å²) in [4.78, 5) is 1.15. The minimum Gasteiger partial charge on any atom is -0.292 e. The van der Waals surface area contributed by atoms with Crippen LogP contribution in [0.3, 0.4) is 0 Å². The van der Waals surface area contributed by atoms with E-state index < -0.39 is 40.7 Å². The van der Waals surface area contributed by atoms with Crippen molar-refractivity contribution in [2.45, 2.75) is 37.4 Å². The fourth-order valence-corrected chi connectivity index (χ4v) is 2.10. The highest BCUT2D eigenvalue weighted by molar-refractivity contribution is 7.87. The lowest BCUT2D eigenvalue weighted by Gasteiger charge is -2.19. The molecule has 1 fully saturated rings. The monoisotopic (exact) mass is 297 g/mol. The summed E-state index contributed by atoms with van der Waals surface area (Å²) >= 11 is 0. The zero-order valence-electron chi connectivity index (χ0n) is 9.54. The highest BCUT2D eigenvalue weighted by Gasteiger charge is 2.56. The molecule has 1 heterocycles. The maximum Gasteiger partial charge on any atom is 0.523 e. The SMILES string of the molecule is CC(C)N1CC(OS(=O)(=O)C(F)(F)F)C(F)(F)C1. The van der Waals surface area contributed by atoms with Gasteiger partial charge in [0.1, 0.15) is 0 Å². The minimum atomic E-state index is -6.01. The predicted molar refractivity (Wildman–Crippen MR) is 51.5 cm³/mol. The van der Waals surface area contributed by atoms with Gasteiger partial charge in [0.25, 0.3) is 5.92 Å². The van der Waals surface area contributed by atoms with E-state index in [2.05, 4.69) is 4.18 Å². The van der Waals surface area contributed by atoms with E-state index in [1.165, 1.54) is 0 Å². The van der Waals surface area contributed by atoms with Gasteiger partial charge in [0, 0.05) is 12.6 Å². The van der Waals surface area contributed by atoms with Crippen LogP contribution in [0.5, 0.6) is 0 Å². The standard InChI is InChI=1S/C8H12F5NO3S/c1-5(2)14-3-6(7(9,10)4-14)17-18(15,16)8(11,12)13/h5-6H,3-4H2,1-2H3. The Balaban J connectivity index is 2.86. The van der Waals surface area contributed by atoms with Gasteiger partial charge in [-0.2, -0.15) is 21.6 Å². The van der Waals surface area contributed by atoms with Gasteiger partial charge in [-0.3, -0.25) is 9.08 Å². The summed E-state index contributed by atoms with van der Waals surface area (Å²) in [7, 11) is -6.01. The summed E-state index contributed by atoms with van der Waals surface area (Å²) in [5.74, 6) is -3.64. The lowest BCUT2D eigenvalue weighted by atomic mass is 10.2. The molecule has 1 aliphatic heterocycles. The first-order chi connectivity index (χ1) is 7.87. The quantitative estimate of drug-likeness (QED) is 0.451. The Hall–Kier alpha value is -0.480. The molecule has 0 N–H and O–H groups in total. The van der Waals surface area contributed by atoms with Crippen LogP contribution in [0.1, 0.15) is 13.8 Å². The summed E-state index contributed by atoms with van der Waals surface area (Å²) in [5.41, 5.74) is -5.70. The van der Waals surface area contributed by atoms with Crippen molar-refractivity contribution >= 4 is 10.1 Å². The molecular weight excluding hydrogens is 285 g/mol. The van der Waals surface area contributed by atoms with Crippen LogP contribution in [-0.2, 0) is 14.3 Å². The fraction of sp³-hybridized carbons (Fsp3) is 1.00. The van der Waals surface area contributed by atoms with Gasteiger partial charge in [-0.1, -0.05) is 0 Å². The van der Waals surface area contributed by atoms with Gasteiger partial charge in [0.15, 0.2) is 6.10 Å². The molecular formula is C8H12F5NO3S. The van der Waals surface area contributed by atoms with Gasteiger partial charge in [-0.25, -0.2) is 8.78 Å². The molecule has 18 heavy (non-hydrogen) atoms. The Morgan fingerprint density at radius 2 is 1.83 bits per heavy atom. The Morgan fingerprint density at radius 1 is 1.33 bits per heavy atom. The third-order valence-corrected chi connectivity index (χ3v) is 3.59. The van der Waals surface area contributed by atoms with Crippen molar-refractivity contribution in [3.05, 3.63) is 0 Å². The normalized spacial score (nSPS) is 25.9. The highest BCUT2D eigenvalue weighted by atomic mass is 32.2. The topological polar surface area (TPSA) is 46.6 Å². The van der Waals surface area contributed by atoms with Crippen LogP contribution in [0, 0.1) is 0 Å². The van der Waals surface area contributed by atoms with Crippen molar-refractivity contribution in [1.82, 2.24) is 4.90 Å². The summed E-state index contributed by atoms with van der Waals surface area (Å²) in [5, 5.41) is 0. The van der Waals surface area contributed by atoms with E-state index in [-0.39, 0.29) is 6.04 Å². The average Bonchev–Trinajstić information content (AvgIpc) is 2.39. The van der Waals surface area contributed by atoms with Crippen molar-refractivity contribution in [3.63, 3.8) is 0 Å². The molecule has 4 nitrogen and oxygen atoms in total. The molecule has 1 unspecified atom stereocenters. The molecule has 0 aromatic rings. The molecule has 0 aliphatic carbocycles. The van der Waals surface area contributed by atoms with E-state index in [0.717, 1.165) is 4.90 Å². The highest BCUT2D eigenvalue weighted by Crippen LogP contribution is 2.35. The second-order valence-electron chi connectivity index (χ2n) is 4.27. The predicted octanol–water partition coefficient (Wildman–Crippen LogP) is 1.58. The van der Waals surface area contributed by atoms with Crippen molar-refractivity contribution in [2.24, 2.45) is 0 Å². The molecule has 10 heteroatoms. The number of hydrogen-bond donors (Lipinski definition) is 0. The molecule has 1 saturated heterocycles. The van der Waals surface area contributed by atoms with Crippen molar-refractivity contribution in [3.8, 4) is 0 Å². The van der Waals surface area contributed by atoms with E-state index >= 15 is 0 Å². The van der Waals surface area contributed by atoms with Gasteiger partial charge in [0.2, 0.25) is 0 Å². The van der Waals surface area contributed by atoms with Crippen molar-refractivity contribution in [1.29, 1.82) is 0 Å². The van der Waals surface area contributed by atoms with Gasteiger partial charge in [-0.05, 0) is 13.8 Å². The second kappa shape index (κ2) is 4.57. The van der Waals surface area contributed by atoms with Crippen molar-refractivity contribution in [2.75, 3.05) is 13.1 Å². The molecule has 1 rings (SSSR count). The molecule has 1 atom stereocenters. The molecule has 0 radical (unpaired) electrons. The molecule has 1 aliphatic rings. The van der Waals surface area contributed by atoms with Crippen LogP contribution < -0.4 is 0 Å². The third-order valence-electron chi connectivity index (χ3n) is 2.54. The number of likely N-dealkylation sites (tertiary alicyclic amines) is 1. The molecule has 108 valence electrons. The Kier molecular flexibility index (Phi) is 3.95. The zero-order valence-corrected chi connectivity index (χ0v) is 10.4. The number of rotatable bonds is 3. The number of hydrogen-bond acceptors (Lipinski definition) is 4. The first-order valence-corrected chi connectivity index (χ1v) is 6.39. The maximum absolute atomic E-state index is 13.3. The lowest BCUT2D eigenvalue weighted by molar-refractivity contribution is -0.0854. The molecule has 0 spiro atoms. The number of alkyl halides is 5. The Bertz CT molecular complexity index is 405. The van der Waals surface area contributed by atoms with E-state index in [0.29, 0.717) is 0 Å². The maximum atomic E-state index is 13.3. The molecule has 0 bridgehead atoms. The first kappa shape index (κ1) is 15.6. The van der Waals surface area contributed by atoms with Gasteiger partial charge < -0.3 is 0 Å². The van der Waals surface area contributed by atoms with E-state index in [9.17, 15) is 30.4 Å². The Labute approximate surface area is 101 Å². The summed E-state index contributed by atoms with van der Waals surface area (Å²) < 4.78 is 87.7. The van der Waals surface area contributed by atoms with Gasteiger partial charge in [-0.15, -0.1) is 0 Å². The first-order valence-electron chi connectivity index (χ1n) is 4.98. The van der Waals surface area contributed by atoms with Crippen LogP contribution in [0.2, 0.25) is 0 Å². The van der Waals surface area contributed by atoms with E-state index in [1.54, 1.807) is 13.8 Å². The van der Waals surface area contributed by atoms with E-state index in [4.69, 9.17) is 0 Å². The lowest BCUT2D eigenvalue weighted by Crippen LogP contribution is -2.39. The van der Waals surface area contributed by atoms with Crippen molar-refractivity contribution < 1.29 is 34.6 Å². The molecule has 0 aromatic carbocycles. The van der Waals surface area contributed by atoms with Crippen LogP contribution in [0.25, 0.3) is 0 Å². The number of nitrogens with zero attached hydrogens (tertiary/aromatic N) is 1. The van der Waals surface area contributed by atoms with Crippen LogP contribution in [0.15, 0.2) is 0 Å². The van der Waals surface area contributed by atoms with Crippen LogP contribution in [0.4, 0.5) is 22.0 Å². The second-order valence-corrected chi connectivity index (χ2v) is 5.83. The molecule has 0 amide bonds. The largest absolute Gasteiger partial charge is 0.523 e. The molecule has 0 aromatic heterocycles. The fourth-order valence-electron chi connectivity index (χ4n) is 1.49. The summed E-state index contributed by atoms with van der Waals surface area (Å²) in [6, 6.07) is -0.349. The zero-order chi connectivity index (χ0) is 14.4. The van der Waals surface area contributed by atoms with E-state index in [1.807, 2.05) is 0 Å². The number of halogens is 5. The van der Waals surface area contributed by atoms with Gasteiger partial charge >= 0.3 is 15.6 Å². The minimum absolute atomic E-state index is 0.349. The molecule has 0 saturated carbocycles. The van der Waals surface area contributed by atoms with Crippen LogP contribution in [-0.4, -0.2) is 50.0 Å².